The van der Waals surface area contributed by atoms with Crippen molar-refractivity contribution in [2.45, 2.75) is 39.5 Å². The number of anilines is 1. The van der Waals surface area contributed by atoms with Crippen LogP contribution in [-0.2, 0) is 0 Å². The van der Waals surface area contributed by atoms with E-state index in [4.69, 9.17) is 0 Å². The third-order valence-electron chi connectivity index (χ3n) is 3.91. The van der Waals surface area contributed by atoms with E-state index in [2.05, 4.69) is 10.3 Å². The maximum Gasteiger partial charge on any atom is 0.253 e. The number of hydrogen-bond acceptors (Lipinski definition) is 3. The van der Waals surface area contributed by atoms with Gasteiger partial charge < -0.3 is 10.2 Å². The van der Waals surface area contributed by atoms with Crippen molar-refractivity contribution >= 4 is 11.7 Å². The zero-order valence-corrected chi connectivity index (χ0v) is 12.8. The predicted octanol–water partition coefficient (Wildman–Crippen LogP) is 3.08. The summed E-state index contributed by atoms with van der Waals surface area (Å²) in [6.07, 6.45) is 5.14. The predicted molar refractivity (Wildman–Crippen MR) is 82.1 cm³/mol. The zero-order valence-electron chi connectivity index (χ0n) is 12.8. The van der Waals surface area contributed by atoms with Crippen molar-refractivity contribution in [2.24, 2.45) is 5.92 Å². The Labute approximate surface area is 121 Å². The van der Waals surface area contributed by atoms with E-state index in [1.807, 2.05) is 37.9 Å². The summed E-state index contributed by atoms with van der Waals surface area (Å²) in [5.41, 5.74) is 1.61. The molecule has 1 saturated carbocycles. The van der Waals surface area contributed by atoms with Crippen LogP contribution in [0.2, 0.25) is 0 Å². The standard InChI is InChI=1S/C16H25N3O/c1-4-17-15-10-14(9-12(2)18-15)16(20)19(3)11-13-7-5-6-8-13/h9-10,13H,4-8,11H2,1-3H3,(H,17,18). The van der Waals surface area contributed by atoms with Crippen LogP contribution in [0.15, 0.2) is 12.1 Å². The van der Waals surface area contributed by atoms with Crippen LogP contribution in [0.25, 0.3) is 0 Å². The first kappa shape index (κ1) is 14.8. The van der Waals surface area contributed by atoms with Crippen molar-refractivity contribution in [3.63, 3.8) is 0 Å². The minimum absolute atomic E-state index is 0.0987. The number of carbonyl (C=O) groups is 1. The van der Waals surface area contributed by atoms with Crippen LogP contribution in [0.1, 0.15) is 48.7 Å². The van der Waals surface area contributed by atoms with Gasteiger partial charge in [-0.3, -0.25) is 4.79 Å². The second kappa shape index (κ2) is 6.73. The summed E-state index contributed by atoms with van der Waals surface area (Å²) in [5, 5.41) is 3.17. The summed E-state index contributed by atoms with van der Waals surface area (Å²) < 4.78 is 0. The van der Waals surface area contributed by atoms with Crippen LogP contribution in [0.5, 0.6) is 0 Å². The molecular formula is C16H25N3O. The number of nitrogens with one attached hydrogen (secondary N) is 1. The lowest BCUT2D eigenvalue weighted by Gasteiger charge is -2.21. The van der Waals surface area contributed by atoms with E-state index in [0.29, 0.717) is 5.92 Å². The monoisotopic (exact) mass is 275 g/mol. The first-order chi connectivity index (χ1) is 9.60. The Hall–Kier alpha value is -1.58. The lowest BCUT2D eigenvalue weighted by Crippen LogP contribution is -2.31. The molecule has 0 saturated heterocycles. The van der Waals surface area contributed by atoms with Gasteiger partial charge in [-0.15, -0.1) is 0 Å². The highest BCUT2D eigenvalue weighted by molar-refractivity contribution is 5.94. The minimum atomic E-state index is 0.0987. The summed E-state index contributed by atoms with van der Waals surface area (Å²) in [6, 6.07) is 3.72. The van der Waals surface area contributed by atoms with Crippen LogP contribution in [0.4, 0.5) is 5.82 Å². The smallest absolute Gasteiger partial charge is 0.253 e. The Morgan fingerprint density at radius 3 is 2.75 bits per heavy atom. The fourth-order valence-corrected chi connectivity index (χ4v) is 2.95. The summed E-state index contributed by atoms with van der Waals surface area (Å²) in [7, 11) is 1.91. The molecule has 0 unspecified atom stereocenters. The maximum atomic E-state index is 12.5. The Bertz CT molecular complexity index is 467. The van der Waals surface area contributed by atoms with Gasteiger partial charge in [-0.1, -0.05) is 12.8 Å². The van der Waals surface area contributed by atoms with Crippen molar-refractivity contribution in [2.75, 3.05) is 25.5 Å². The number of carbonyl (C=O) groups excluding carboxylic acids is 1. The number of nitrogens with zero attached hydrogens (tertiary/aromatic N) is 2. The van der Waals surface area contributed by atoms with Gasteiger partial charge in [0, 0.05) is 31.4 Å². The number of amides is 1. The molecule has 2 rings (SSSR count). The fourth-order valence-electron chi connectivity index (χ4n) is 2.95. The van der Waals surface area contributed by atoms with Crippen LogP contribution < -0.4 is 5.32 Å². The van der Waals surface area contributed by atoms with Crippen molar-refractivity contribution in [3.8, 4) is 0 Å². The van der Waals surface area contributed by atoms with E-state index in [-0.39, 0.29) is 5.91 Å². The fraction of sp³-hybridized carbons (Fsp3) is 0.625. The molecule has 0 aromatic carbocycles. The summed E-state index contributed by atoms with van der Waals surface area (Å²) in [4.78, 5) is 18.8. The Morgan fingerprint density at radius 1 is 1.40 bits per heavy atom. The average molecular weight is 275 g/mol. The third kappa shape index (κ3) is 3.71. The van der Waals surface area contributed by atoms with Gasteiger partial charge >= 0.3 is 0 Å². The van der Waals surface area contributed by atoms with Gasteiger partial charge in [0.2, 0.25) is 0 Å². The first-order valence-corrected chi connectivity index (χ1v) is 7.58. The number of aryl methyl sites for hydroxylation is 1. The molecule has 1 N–H and O–H groups in total. The molecule has 1 fully saturated rings. The molecule has 0 radical (unpaired) electrons. The molecule has 20 heavy (non-hydrogen) atoms. The Morgan fingerprint density at radius 2 is 2.10 bits per heavy atom. The summed E-state index contributed by atoms with van der Waals surface area (Å²) >= 11 is 0. The van der Waals surface area contributed by atoms with Crippen molar-refractivity contribution in [3.05, 3.63) is 23.4 Å². The molecular weight excluding hydrogens is 250 g/mol. The normalized spacial score (nSPS) is 15.3. The van der Waals surface area contributed by atoms with Gasteiger partial charge in [0.25, 0.3) is 5.91 Å². The molecule has 1 aliphatic rings. The van der Waals surface area contributed by atoms with E-state index in [1.165, 1.54) is 25.7 Å². The van der Waals surface area contributed by atoms with Crippen molar-refractivity contribution in [1.82, 2.24) is 9.88 Å². The van der Waals surface area contributed by atoms with Gasteiger partial charge in [0.15, 0.2) is 0 Å². The van der Waals surface area contributed by atoms with Gasteiger partial charge in [-0.2, -0.15) is 0 Å². The number of pyridine rings is 1. The van der Waals surface area contributed by atoms with Gasteiger partial charge in [0.05, 0.1) is 0 Å². The highest BCUT2D eigenvalue weighted by atomic mass is 16.2. The average Bonchev–Trinajstić information content (AvgIpc) is 2.90. The quantitative estimate of drug-likeness (QED) is 0.898. The topological polar surface area (TPSA) is 45.2 Å². The lowest BCUT2D eigenvalue weighted by atomic mass is 10.1. The van der Waals surface area contributed by atoms with Gasteiger partial charge in [-0.25, -0.2) is 4.98 Å². The number of rotatable bonds is 5. The second-order valence-electron chi connectivity index (χ2n) is 5.75. The van der Waals surface area contributed by atoms with Crippen LogP contribution in [0.3, 0.4) is 0 Å². The highest BCUT2D eigenvalue weighted by Gasteiger charge is 2.20. The SMILES string of the molecule is CCNc1cc(C(=O)N(C)CC2CCCC2)cc(C)n1. The van der Waals surface area contributed by atoms with Crippen molar-refractivity contribution in [1.29, 1.82) is 0 Å². The largest absolute Gasteiger partial charge is 0.370 e. The van der Waals surface area contributed by atoms with E-state index >= 15 is 0 Å². The zero-order chi connectivity index (χ0) is 14.5. The number of aromatic nitrogens is 1. The molecule has 1 heterocycles. The first-order valence-electron chi connectivity index (χ1n) is 7.58. The molecule has 0 bridgehead atoms. The van der Waals surface area contributed by atoms with E-state index in [9.17, 15) is 4.79 Å². The second-order valence-corrected chi connectivity index (χ2v) is 5.75. The lowest BCUT2D eigenvalue weighted by molar-refractivity contribution is 0.0773. The Kier molecular flexibility index (Phi) is 4.99. The molecule has 0 aliphatic heterocycles. The van der Waals surface area contributed by atoms with E-state index in [1.54, 1.807) is 0 Å². The van der Waals surface area contributed by atoms with Crippen LogP contribution >= 0.6 is 0 Å². The van der Waals surface area contributed by atoms with Crippen LogP contribution in [0, 0.1) is 12.8 Å². The molecule has 1 amide bonds. The molecule has 4 nitrogen and oxygen atoms in total. The minimum Gasteiger partial charge on any atom is -0.370 e. The molecule has 1 aromatic rings. The molecule has 0 atom stereocenters. The molecule has 110 valence electrons. The van der Waals surface area contributed by atoms with E-state index in [0.717, 1.165) is 30.2 Å². The molecule has 1 aromatic heterocycles. The molecule has 1 aliphatic carbocycles. The maximum absolute atomic E-state index is 12.5. The van der Waals surface area contributed by atoms with Gasteiger partial charge in [-0.05, 0) is 44.7 Å². The highest BCUT2D eigenvalue weighted by Crippen LogP contribution is 2.25. The number of hydrogen-bond donors (Lipinski definition) is 1. The Balaban J connectivity index is 2.06. The summed E-state index contributed by atoms with van der Waals surface area (Å²) in [6.45, 7) is 5.63. The van der Waals surface area contributed by atoms with Crippen LogP contribution in [-0.4, -0.2) is 35.9 Å². The summed E-state index contributed by atoms with van der Waals surface area (Å²) in [5.74, 6) is 1.56. The third-order valence-corrected chi connectivity index (χ3v) is 3.91. The van der Waals surface area contributed by atoms with Crippen molar-refractivity contribution < 1.29 is 4.79 Å². The van der Waals surface area contributed by atoms with E-state index < -0.39 is 0 Å². The molecule has 0 spiro atoms. The molecule has 4 heteroatoms. The van der Waals surface area contributed by atoms with Gasteiger partial charge in [0.1, 0.15) is 5.82 Å².